The number of methoxy groups -OCH3 is 1. The largest absolute Gasteiger partial charge is 0.496 e. The predicted molar refractivity (Wildman–Crippen MR) is 173 cm³/mol. The van der Waals surface area contributed by atoms with Crippen molar-refractivity contribution in [3.05, 3.63) is 84.9 Å². The van der Waals surface area contributed by atoms with Crippen LogP contribution in [0.5, 0.6) is 5.75 Å². The molecule has 0 fully saturated rings. The van der Waals surface area contributed by atoms with Crippen molar-refractivity contribution in [3.8, 4) is 16.9 Å². The molecule has 0 saturated heterocycles. The number of halogens is 4. The van der Waals surface area contributed by atoms with Gasteiger partial charge in [-0.3, -0.25) is 19.2 Å². The molecule has 3 rings (SSSR count). The van der Waals surface area contributed by atoms with Crippen molar-refractivity contribution in [3.63, 3.8) is 0 Å². The van der Waals surface area contributed by atoms with E-state index in [2.05, 4.69) is 5.32 Å². The van der Waals surface area contributed by atoms with E-state index in [9.17, 15) is 37.5 Å². The first kappa shape index (κ1) is 38.0. The number of rotatable bonds is 13. The molecule has 1 aromatic carbocycles. The Morgan fingerprint density at radius 1 is 1.08 bits per heavy atom. The van der Waals surface area contributed by atoms with Crippen molar-refractivity contribution < 1.29 is 37.0 Å². The number of hydrogen-bond acceptors (Lipinski definition) is 6. The number of carboxylic acid groups (broad SMARTS) is 1. The second kappa shape index (κ2) is 15.2. The molecule has 14 heteroatoms. The first-order chi connectivity index (χ1) is 22.3. The molecule has 1 amide bonds. The molecule has 262 valence electrons. The summed E-state index contributed by atoms with van der Waals surface area (Å²) in [7, 11) is 6.29. The van der Waals surface area contributed by atoms with Crippen LogP contribution in [0.1, 0.15) is 66.7 Å². The summed E-state index contributed by atoms with van der Waals surface area (Å²) in [5.41, 5.74) is -2.10. The lowest BCUT2D eigenvalue weighted by atomic mass is 9.93. The van der Waals surface area contributed by atoms with Crippen LogP contribution in [0.15, 0.2) is 40.1 Å². The average molecular weight is 679 g/mol. The van der Waals surface area contributed by atoms with Gasteiger partial charge in [-0.25, -0.2) is 4.39 Å². The minimum Gasteiger partial charge on any atom is -0.496 e. The number of aliphatic carboxylic acids is 1. The van der Waals surface area contributed by atoms with Gasteiger partial charge >= 0.3 is 12.1 Å². The number of nitrogens with one attached hydrogen (secondary N) is 1. The number of likely N-dealkylation sites (N-methyl/N-ethyl adjacent to an activating group) is 1. The molecule has 2 heterocycles. The van der Waals surface area contributed by atoms with E-state index in [1.165, 1.54) is 30.7 Å². The number of nitrogens with zero attached hydrogens (tertiary/aromatic N) is 3. The summed E-state index contributed by atoms with van der Waals surface area (Å²) in [4.78, 5) is 54.1. The van der Waals surface area contributed by atoms with Crippen LogP contribution in [-0.2, 0) is 29.2 Å². The lowest BCUT2D eigenvalue weighted by Gasteiger charge is -2.27. The quantitative estimate of drug-likeness (QED) is 0.244. The van der Waals surface area contributed by atoms with E-state index in [0.29, 0.717) is 11.8 Å². The zero-order valence-corrected chi connectivity index (χ0v) is 28.3. The Bertz CT molecular complexity index is 1800. The minimum atomic E-state index is -4.82. The first-order valence-corrected chi connectivity index (χ1v) is 15.3. The van der Waals surface area contributed by atoms with E-state index in [1.54, 1.807) is 52.9 Å². The number of amides is 1. The van der Waals surface area contributed by atoms with Crippen LogP contribution in [0.4, 0.5) is 17.6 Å². The van der Waals surface area contributed by atoms with Gasteiger partial charge in [0.2, 0.25) is 5.91 Å². The van der Waals surface area contributed by atoms with E-state index in [1.807, 2.05) is 0 Å². The van der Waals surface area contributed by atoms with Crippen molar-refractivity contribution in [2.75, 3.05) is 27.7 Å². The molecule has 48 heavy (non-hydrogen) atoms. The van der Waals surface area contributed by atoms with Crippen LogP contribution in [-0.4, -0.2) is 58.8 Å². The molecule has 2 atom stereocenters. The second-order valence-electron chi connectivity index (χ2n) is 12.6. The Kier molecular flexibility index (Phi) is 12.0. The molecule has 0 aliphatic rings. The van der Waals surface area contributed by atoms with Crippen LogP contribution < -0.4 is 21.2 Å². The summed E-state index contributed by atoms with van der Waals surface area (Å²) in [5.74, 6) is -3.13. The molecular weight excluding hydrogens is 636 g/mol. The van der Waals surface area contributed by atoms with Crippen molar-refractivity contribution in [2.45, 2.75) is 65.2 Å². The maximum atomic E-state index is 15.8. The fourth-order valence-electron chi connectivity index (χ4n) is 5.53. The third-order valence-electron chi connectivity index (χ3n) is 8.13. The summed E-state index contributed by atoms with van der Waals surface area (Å²) < 4.78 is 65.3. The summed E-state index contributed by atoms with van der Waals surface area (Å²) >= 11 is 0. The SMILES string of the molecule is COc1cc(C)n(C)c(=O)c1-c1cc(C)c(F)c(C(CC(=O)O)NC(=O)[C@H](CC(C)C)n2cc(CCN(C)C)c(C(F)(F)F)cc2=O)c1. The van der Waals surface area contributed by atoms with Crippen LogP contribution in [0.2, 0.25) is 0 Å². The predicted octanol–water partition coefficient (Wildman–Crippen LogP) is 5.02. The standard InChI is InChI=1S/C34H42F4N4O6/c1-18(2)11-26(42-17-21(9-10-40(5)6)24(15-28(42)43)34(36,37)38)32(46)39-25(16-29(44)45)23-14-22(12-19(3)31(23)35)30-27(48-8)13-20(4)41(7)33(30)47/h12-15,17-18,25-26H,9-11,16H2,1-8H3,(H,39,46)(H,44,45)/t25?,26-/m0/s1. The number of aryl methyl sites for hydroxylation is 2. The Labute approximate surface area is 275 Å². The zero-order chi connectivity index (χ0) is 36.2. The van der Waals surface area contributed by atoms with E-state index in [0.717, 1.165) is 10.8 Å². The molecule has 0 saturated carbocycles. The summed E-state index contributed by atoms with van der Waals surface area (Å²) in [6, 6.07) is 1.92. The molecule has 2 N–H and O–H groups in total. The minimum absolute atomic E-state index is 0.00216. The number of alkyl halides is 3. The molecule has 1 unspecified atom stereocenters. The summed E-state index contributed by atoms with van der Waals surface area (Å²) in [6.45, 7) is 6.85. The van der Waals surface area contributed by atoms with Gasteiger partial charge in [0.15, 0.2) is 0 Å². The van der Waals surface area contributed by atoms with E-state index < -0.39 is 59.1 Å². The van der Waals surface area contributed by atoms with Crippen LogP contribution >= 0.6 is 0 Å². The number of ether oxygens (including phenoxy) is 1. The summed E-state index contributed by atoms with van der Waals surface area (Å²) in [6.07, 6.45) is -4.64. The van der Waals surface area contributed by atoms with Crippen molar-refractivity contribution in [1.29, 1.82) is 0 Å². The van der Waals surface area contributed by atoms with Gasteiger partial charge in [0.25, 0.3) is 11.1 Å². The number of carbonyl (C=O) groups is 2. The maximum absolute atomic E-state index is 15.8. The number of pyridine rings is 2. The molecule has 0 radical (unpaired) electrons. The highest BCUT2D eigenvalue weighted by Crippen LogP contribution is 2.35. The number of carbonyl (C=O) groups excluding carboxylic acids is 1. The van der Waals surface area contributed by atoms with Gasteiger partial charge in [0.05, 0.1) is 30.7 Å². The van der Waals surface area contributed by atoms with Gasteiger partial charge < -0.3 is 29.2 Å². The van der Waals surface area contributed by atoms with E-state index >= 15 is 4.39 Å². The summed E-state index contributed by atoms with van der Waals surface area (Å²) in [5, 5.41) is 12.3. The van der Waals surface area contributed by atoms with Crippen LogP contribution in [0.3, 0.4) is 0 Å². The highest BCUT2D eigenvalue weighted by Gasteiger charge is 2.36. The zero-order valence-electron chi connectivity index (χ0n) is 28.3. The van der Waals surface area contributed by atoms with E-state index in [4.69, 9.17) is 4.74 Å². The Morgan fingerprint density at radius 3 is 2.27 bits per heavy atom. The van der Waals surface area contributed by atoms with Crippen molar-refractivity contribution >= 4 is 11.9 Å². The van der Waals surface area contributed by atoms with Crippen molar-refractivity contribution in [2.24, 2.45) is 13.0 Å². The molecule has 2 aromatic heterocycles. The molecule has 0 aliphatic carbocycles. The van der Waals surface area contributed by atoms with Gasteiger partial charge in [-0.2, -0.15) is 13.2 Å². The van der Waals surface area contributed by atoms with E-state index in [-0.39, 0.29) is 58.9 Å². The van der Waals surface area contributed by atoms with Gasteiger partial charge in [0.1, 0.15) is 17.6 Å². The Balaban J connectivity index is 2.19. The Hall–Kier alpha value is -4.46. The third kappa shape index (κ3) is 8.71. The molecule has 0 spiro atoms. The molecule has 0 bridgehead atoms. The van der Waals surface area contributed by atoms with Gasteiger partial charge in [-0.15, -0.1) is 0 Å². The number of carboxylic acids is 1. The second-order valence-corrected chi connectivity index (χ2v) is 12.6. The van der Waals surface area contributed by atoms with Crippen LogP contribution in [0.25, 0.3) is 11.1 Å². The highest BCUT2D eigenvalue weighted by atomic mass is 19.4. The van der Waals surface area contributed by atoms with Gasteiger partial charge in [-0.05, 0) is 75.5 Å². The lowest BCUT2D eigenvalue weighted by molar-refractivity contribution is -0.139. The van der Waals surface area contributed by atoms with Crippen LogP contribution in [0, 0.1) is 25.6 Å². The Morgan fingerprint density at radius 2 is 1.73 bits per heavy atom. The van der Waals surface area contributed by atoms with Gasteiger partial charge in [-0.1, -0.05) is 13.8 Å². The average Bonchev–Trinajstić information content (AvgIpc) is 2.97. The highest BCUT2D eigenvalue weighted by molar-refractivity contribution is 5.82. The fraction of sp³-hybridized carbons (Fsp3) is 0.471. The van der Waals surface area contributed by atoms with Gasteiger partial charge in [0, 0.05) is 43.2 Å². The number of hydrogen-bond donors (Lipinski definition) is 2. The van der Waals surface area contributed by atoms with Crippen molar-refractivity contribution in [1.82, 2.24) is 19.4 Å². The monoisotopic (exact) mass is 678 g/mol. The third-order valence-corrected chi connectivity index (χ3v) is 8.13. The fourth-order valence-corrected chi connectivity index (χ4v) is 5.53. The smallest absolute Gasteiger partial charge is 0.416 e. The first-order valence-electron chi connectivity index (χ1n) is 15.3. The molecule has 0 aliphatic heterocycles. The molecule has 3 aromatic rings. The number of benzene rings is 1. The maximum Gasteiger partial charge on any atom is 0.416 e. The topological polar surface area (TPSA) is 123 Å². The normalized spacial score (nSPS) is 13.1. The lowest BCUT2D eigenvalue weighted by Crippen LogP contribution is -2.41. The molecular formula is C34H42F4N4O6. The molecule has 10 nitrogen and oxygen atoms in total. The number of aromatic nitrogens is 2.